The maximum Gasteiger partial charge on any atom is 0.185 e. The molecule has 0 unspecified atom stereocenters. The molecular weight excluding hydrogens is 244 g/mol. The van der Waals surface area contributed by atoms with Gasteiger partial charge in [-0.2, -0.15) is 0 Å². The Hall–Kier alpha value is -2.15. The summed E-state index contributed by atoms with van der Waals surface area (Å²) >= 11 is 0. The molecule has 0 radical (unpaired) electrons. The van der Waals surface area contributed by atoms with Gasteiger partial charge in [-0.3, -0.25) is 4.79 Å². The van der Waals surface area contributed by atoms with Crippen LogP contribution in [-0.2, 0) is 0 Å². The molecule has 2 aromatic carbocycles. The van der Waals surface area contributed by atoms with Gasteiger partial charge in [0.25, 0.3) is 0 Å². The van der Waals surface area contributed by atoms with Crippen molar-refractivity contribution in [1.82, 2.24) is 0 Å². The molecule has 1 nitrogen and oxygen atoms in total. The molecule has 0 aliphatic rings. The van der Waals surface area contributed by atoms with Gasteiger partial charge >= 0.3 is 0 Å². The Kier molecular flexibility index (Phi) is 4.52. The maximum absolute atomic E-state index is 12.1. The quantitative estimate of drug-likeness (QED) is 0.560. The van der Waals surface area contributed by atoms with Gasteiger partial charge in [0, 0.05) is 5.56 Å². The van der Waals surface area contributed by atoms with Gasteiger partial charge in [0.05, 0.1) is 0 Å². The average molecular weight is 264 g/mol. The Morgan fingerprint density at radius 3 is 2.35 bits per heavy atom. The second-order valence-electron chi connectivity index (χ2n) is 5.39. The highest BCUT2D eigenvalue weighted by Crippen LogP contribution is 2.15. The lowest BCUT2D eigenvalue weighted by molar-refractivity contribution is 0.104. The van der Waals surface area contributed by atoms with Gasteiger partial charge in [0.2, 0.25) is 0 Å². The molecule has 0 saturated carbocycles. The molecule has 0 N–H and O–H groups in total. The third-order valence-electron chi connectivity index (χ3n) is 3.33. The fourth-order valence-corrected chi connectivity index (χ4v) is 2.07. The molecule has 0 bridgehead atoms. The number of rotatable bonds is 4. The van der Waals surface area contributed by atoms with Gasteiger partial charge in [-0.1, -0.05) is 74.0 Å². The fraction of sp³-hybridized carbons (Fsp3) is 0.211. The zero-order valence-corrected chi connectivity index (χ0v) is 12.3. The van der Waals surface area contributed by atoms with Crippen molar-refractivity contribution in [2.45, 2.75) is 26.7 Å². The fourth-order valence-electron chi connectivity index (χ4n) is 2.07. The van der Waals surface area contributed by atoms with Gasteiger partial charge < -0.3 is 0 Å². The van der Waals surface area contributed by atoms with Crippen LogP contribution >= 0.6 is 0 Å². The van der Waals surface area contributed by atoms with Crippen LogP contribution in [0.3, 0.4) is 0 Å². The number of hydrogen-bond donors (Lipinski definition) is 0. The molecule has 0 spiro atoms. The van der Waals surface area contributed by atoms with Gasteiger partial charge in [-0.15, -0.1) is 0 Å². The average Bonchev–Trinajstić information content (AvgIpc) is 2.45. The normalized spacial score (nSPS) is 11.2. The van der Waals surface area contributed by atoms with Crippen molar-refractivity contribution < 1.29 is 4.79 Å². The van der Waals surface area contributed by atoms with E-state index in [1.54, 1.807) is 6.08 Å². The van der Waals surface area contributed by atoms with Crippen LogP contribution in [0.4, 0.5) is 0 Å². The summed E-state index contributed by atoms with van der Waals surface area (Å²) in [5.74, 6) is 0.531. The predicted octanol–water partition coefficient (Wildman–Crippen LogP) is 5.01. The standard InChI is InChI=1S/C19H20O/c1-14(2)17-8-10-18(11-9-17)19(20)12-7-16-6-4-5-15(3)13-16/h4-14H,1-3H3/b12-7+. The summed E-state index contributed by atoms with van der Waals surface area (Å²) in [6, 6.07) is 16.0. The van der Waals surface area contributed by atoms with E-state index in [9.17, 15) is 4.79 Å². The van der Waals surface area contributed by atoms with Crippen molar-refractivity contribution in [3.05, 3.63) is 76.9 Å². The molecule has 2 rings (SSSR count). The minimum Gasteiger partial charge on any atom is -0.289 e. The van der Waals surface area contributed by atoms with Crippen molar-refractivity contribution >= 4 is 11.9 Å². The lowest BCUT2D eigenvalue weighted by atomic mass is 10.0. The van der Waals surface area contributed by atoms with E-state index < -0.39 is 0 Å². The van der Waals surface area contributed by atoms with E-state index in [-0.39, 0.29) is 5.78 Å². The summed E-state index contributed by atoms with van der Waals surface area (Å²) in [4.78, 5) is 12.1. The highest BCUT2D eigenvalue weighted by Gasteiger charge is 2.03. The first-order chi connectivity index (χ1) is 9.56. The minimum atomic E-state index is 0.0433. The van der Waals surface area contributed by atoms with Crippen LogP contribution in [0.1, 0.15) is 46.8 Å². The molecule has 0 aliphatic heterocycles. The number of benzene rings is 2. The van der Waals surface area contributed by atoms with Crippen molar-refractivity contribution in [3.63, 3.8) is 0 Å². The summed E-state index contributed by atoms with van der Waals surface area (Å²) in [7, 11) is 0. The molecule has 2 aromatic rings. The number of hydrogen-bond acceptors (Lipinski definition) is 1. The summed E-state index contributed by atoms with van der Waals surface area (Å²) in [5.41, 5.74) is 4.24. The molecule has 0 heterocycles. The van der Waals surface area contributed by atoms with Gasteiger partial charge in [-0.05, 0) is 30.0 Å². The molecule has 0 fully saturated rings. The summed E-state index contributed by atoms with van der Waals surface area (Å²) in [5, 5.41) is 0. The van der Waals surface area contributed by atoms with E-state index in [0.29, 0.717) is 5.92 Å². The maximum atomic E-state index is 12.1. The van der Waals surface area contributed by atoms with Gasteiger partial charge in [-0.25, -0.2) is 0 Å². The molecule has 102 valence electrons. The number of aryl methyl sites for hydroxylation is 1. The number of ketones is 1. The lowest BCUT2D eigenvalue weighted by Gasteiger charge is -2.05. The predicted molar refractivity (Wildman–Crippen MR) is 85.1 cm³/mol. The number of carbonyl (C=O) groups excluding carboxylic acids is 1. The van der Waals surface area contributed by atoms with Crippen LogP contribution in [0.2, 0.25) is 0 Å². The molecule has 0 saturated heterocycles. The van der Waals surface area contributed by atoms with Gasteiger partial charge in [0.15, 0.2) is 5.78 Å². The molecule has 0 atom stereocenters. The Morgan fingerprint density at radius 2 is 1.75 bits per heavy atom. The smallest absolute Gasteiger partial charge is 0.185 e. The van der Waals surface area contributed by atoms with Crippen molar-refractivity contribution in [3.8, 4) is 0 Å². The minimum absolute atomic E-state index is 0.0433. The van der Waals surface area contributed by atoms with Crippen molar-refractivity contribution in [1.29, 1.82) is 0 Å². The second-order valence-corrected chi connectivity index (χ2v) is 5.39. The number of carbonyl (C=O) groups is 1. The van der Waals surface area contributed by atoms with Crippen LogP contribution in [-0.4, -0.2) is 5.78 Å². The van der Waals surface area contributed by atoms with Crippen LogP contribution in [0, 0.1) is 6.92 Å². The first kappa shape index (κ1) is 14.3. The Bertz CT molecular complexity index is 618. The van der Waals surface area contributed by atoms with E-state index in [4.69, 9.17) is 0 Å². The summed E-state index contributed by atoms with van der Waals surface area (Å²) in [6.07, 6.45) is 3.50. The molecule has 0 amide bonds. The second kappa shape index (κ2) is 6.33. The zero-order valence-electron chi connectivity index (χ0n) is 12.3. The Morgan fingerprint density at radius 1 is 1.05 bits per heavy atom. The van der Waals surface area contributed by atoms with Crippen LogP contribution < -0.4 is 0 Å². The van der Waals surface area contributed by atoms with E-state index >= 15 is 0 Å². The first-order valence-corrected chi connectivity index (χ1v) is 6.95. The first-order valence-electron chi connectivity index (χ1n) is 6.95. The molecule has 0 aromatic heterocycles. The van der Waals surface area contributed by atoms with Crippen LogP contribution in [0.25, 0.3) is 6.08 Å². The third kappa shape index (κ3) is 3.67. The highest BCUT2D eigenvalue weighted by atomic mass is 16.1. The van der Waals surface area contributed by atoms with E-state index in [0.717, 1.165) is 11.1 Å². The lowest BCUT2D eigenvalue weighted by Crippen LogP contribution is -1.95. The largest absolute Gasteiger partial charge is 0.289 e. The van der Waals surface area contributed by atoms with Gasteiger partial charge in [0.1, 0.15) is 0 Å². The van der Waals surface area contributed by atoms with Crippen LogP contribution in [0.15, 0.2) is 54.6 Å². The number of allylic oxidation sites excluding steroid dienone is 1. The molecule has 20 heavy (non-hydrogen) atoms. The third-order valence-corrected chi connectivity index (χ3v) is 3.33. The molecular formula is C19H20O. The van der Waals surface area contributed by atoms with Crippen LogP contribution in [0.5, 0.6) is 0 Å². The van der Waals surface area contributed by atoms with E-state index in [1.165, 1.54) is 11.1 Å². The SMILES string of the molecule is Cc1cccc(/C=C/C(=O)c2ccc(C(C)C)cc2)c1. The topological polar surface area (TPSA) is 17.1 Å². The zero-order chi connectivity index (χ0) is 14.5. The van der Waals surface area contributed by atoms with Crippen molar-refractivity contribution in [2.75, 3.05) is 0 Å². The monoisotopic (exact) mass is 264 g/mol. The summed E-state index contributed by atoms with van der Waals surface area (Å²) < 4.78 is 0. The van der Waals surface area contributed by atoms with Crippen molar-refractivity contribution in [2.24, 2.45) is 0 Å². The molecule has 0 aliphatic carbocycles. The van der Waals surface area contributed by atoms with E-state index in [1.807, 2.05) is 55.5 Å². The molecule has 1 heteroatoms. The Balaban J connectivity index is 2.11. The Labute approximate surface area is 121 Å². The van der Waals surface area contributed by atoms with E-state index in [2.05, 4.69) is 19.9 Å². The highest BCUT2D eigenvalue weighted by molar-refractivity contribution is 6.06. The summed E-state index contributed by atoms with van der Waals surface area (Å²) in [6.45, 7) is 6.34.